The van der Waals surface area contributed by atoms with Gasteiger partial charge in [-0.15, -0.1) is 0 Å². The van der Waals surface area contributed by atoms with E-state index in [1.807, 2.05) is 0 Å². The van der Waals surface area contributed by atoms with Crippen molar-refractivity contribution in [2.75, 3.05) is 0 Å². The van der Waals surface area contributed by atoms with Crippen LogP contribution in [-0.2, 0) is 0 Å². The molecule has 0 amide bonds. The van der Waals surface area contributed by atoms with Gasteiger partial charge in [0.05, 0.1) is 10.0 Å². The number of aryl methyl sites for hydroxylation is 2. The molecule has 0 fully saturated rings. The molecule has 0 aromatic heterocycles. The van der Waals surface area contributed by atoms with E-state index in [1.165, 1.54) is 11.1 Å². The molecule has 0 aliphatic rings. The molecule has 0 aliphatic heterocycles. The number of rotatable bonds is 3. The molecule has 0 atom stereocenters. The summed E-state index contributed by atoms with van der Waals surface area (Å²) in [5.74, 6) is 0. The molecule has 0 spiro atoms. The van der Waals surface area contributed by atoms with Crippen LogP contribution in [0, 0.1) is 27.7 Å². The van der Waals surface area contributed by atoms with Gasteiger partial charge in [0.25, 0.3) is 0 Å². The Morgan fingerprint density at radius 2 is 1.00 bits per heavy atom. The van der Waals surface area contributed by atoms with Gasteiger partial charge in [0.2, 0.25) is 0 Å². The van der Waals surface area contributed by atoms with Crippen molar-refractivity contribution in [2.24, 2.45) is 0 Å². The molecule has 0 aliphatic carbocycles. The lowest BCUT2D eigenvalue weighted by Gasteiger charge is -2.11. The Kier molecular flexibility index (Phi) is 5.36. The van der Waals surface area contributed by atoms with Gasteiger partial charge in [0.1, 0.15) is 0 Å². The Hall–Kier alpha value is -0.280. The lowest BCUT2D eigenvalue weighted by atomic mass is 10.1. The summed E-state index contributed by atoms with van der Waals surface area (Å²) in [4.78, 5) is 2.16. The van der Waals surface area contributed by atoms with Crippen molar-refractivity contribution in [3.63, 3.8) is 0 Å². The zero-order valence-corrected chi connectivity index (χ0v) is 15.0. The number of hydrogen-bond donors (Lipinski definition) is 0. The Bertz CT molecular complexity index is 594. The van der Waals surface area contributed by atoms with Crippen molar-refractivity contribution in [2.45, 2.75) is 37.5 Å². The third kappa shape index (κ3) is 3.30. The maximum atomic E-state index is 6.39. The van der Waals surface area contributed by atoms with E-state index >= 15 is 0 Å². The summed E-state index contributed by atoms with van der Waals surface area (Å²) >= 11 is 12.8. The maximum Gasteiger partial charge on any atom is 0.0582 e. The average molecular weight is 343 g/mol. The van der Waals surface area contributed by atoms with Gasteiger partial charge in [-0.25, -0.2) is 0 Å². The summed E-state index contributed by atoms with van der Waals surface area (Å²) in [7, 11) is 3.30. The van der Waals surface area contributed by atoms with Crippen LogP contribution >= 0.6 is 44.8 Å². The van der Waals surface area contributed by atoms with E-state index < -0.39 is 0 Å². The van der Waals surface area contributed by atoms with Crippen LogP contribution in [0.4, 0.5) is 0 Å². The molecule has 106 valence electrons. The second-order valence-corrected chi connectivity index (χ2v) is 7.77. The zero-order chi connectivity index (χ0) is 14.9. The highest BCUT2D eigenvalue weighted by atomic mass is 35.5. The third-order valence-electron chi connectivity index (χ3n) is 3.46. The highest BCUT2D eigenvalue weighted by molar-refractivity contribution is 8.76. The molecular formula is C16H16Cl2S2. The van der Waals surface area contributed by atoms with Gasteiger partial charge in [-0.2, -0.15) is 0 Å². The minimum atomic E-state index is 0.836. The van der Waals surface area contributed by atoms with E-state index in [1.54, 1.807) is 21.6 Å². The highest BCUT2D eigenvalue weighted by Crippen LogP contribution is 2.45. The molecule has 20 heavy (non-hydrogen) atoms. The molecule has 0 nitrogen and oxygen atoms in total. The average Bonchev–Trinajstić information content (AvgIpc) is 2.43. The van der Waals surface area contributed by atoms with Gasteiger partial charge >= 0.3 is 0 Å². The summed E-state index contributed by atoms with van der Waals surface area (Å²) in [5, 5.41) is 1.67. The Morgan fingerprint density at radius 1 is 0.650 bits per heavy atom. The van der Waals surface area contributed by atoms with Crippen LogP contribution in [0.3, 0.4) is 0 Å². The third-order valence-corrected chi connectivity index (χ3v) is 7.11. The first kappa shape index (κ1) is 16.1. The standard InChI is InChI=1S/C16H16Cl2S2/c1-9-5-7-13(15(17)11(9)3)19-20-14-8-6-10(2)12(4)16(14)18/h5-8H,1-4H3. The first-order valence-corrected chi connectivity index (χ1v) is 9.18. The maximum absolute atomic E-state index is 6.39. The highest BCUT2D eigenvalue weighted by Gasteiger charge is 2.10. The van der Waals surface area contributed by atoms with Gasteiger partial charge in [0, 0.05) is 9.79 Å². The van der Waals surface area contributed by atoms with Crippen molar-refractivity contribution >= 4 is 44.8 Å². The van der Waals surface area contributed by atoms with Gasteiger partial charge in [-0.1, -0.05) is 56.9 Å². The molecule has 0 saturated carbocycles. The van der Waals surface area contributed by atoms with Crippen LogP contribution < -0.4 is 0 Å². The minimum absolute atomic E-state index is 0.836. The molecule has 2 aromatic rings. The van der Waals surface area contributed by atoms with Gasteiger partial charge in [0.15, 0.2) is 0 Å². The Balaban J connectivity index is 2.22. The zero-order valence-electron chi connectivity index (χ0n) is 11.9. The molecular weight excluding hydrogens is 327 g/mol. The summed E-state index contributed by atoms with van der Waals surface area (Å²) in [6.45, 7) is 8.25. The first-order valence-electron chi connectivity index (χ1n) is 6.27. The Labute approximate surface area is 138 Å². The van der Waals surface area contributed by atoms with Crippen molar-refractivity contribution in [1.29, 1.82) is 0 Å². The summed E-state index contributed by atoms with van der Waals surface area (Å²) in [5.41, 5.74) is 4.72. The Morgan fingerprint density at radius 3 is 1.35 bits per heavy atom. The van der Waals surface area contributed by atoms with Crippen LogP contribution in [0.1, 0.15) is 22.3 Å². The first-order chi connectivity index (χ1) is 9.41. The van der Waals surface area contributed by atoms with Crippen LogP contribution in [0.2, 0.25) is 10.0 Å². The summed E-state index contributed by atoms with van der Waals surface area (Å²) < 4.78 is 0. The van der Waals surface area contributed by atoms with E-state index in [4.69, 9.17) is 23.2 Å². The van der Waals surface area contributed by atoms with Gasteiger partial charge in [-0.3, -0.25) is 0 Å². The largest absolute Gasteiger partial charge is 0.0828 e. The van der Waals surface area contributed by atoms with Crippen molar-refractivity contribution in [1.82, 2.24) is 0 Å². The summed E-state index contributed by atoms with van der Waals surface area (Å²) in [6.07, 6.45) is 0. The van der Waals surface area contributed by atoms with E-state index in [-0.39, 0.29) is 0 Å². The molecule has 0 unspecified atom stereocenters. The normalized spacial score (nSPS) is 10.9. The predicted molar refractivity (Wildman–Crippen MR) is 93.6 cm³/mol. The lowest BCUT2D eigenvalue weighted by molar-refractivity contribution is 1.28. The fourth-order valence-corrected chi connectivity index (χ4v) is 4.91. The van der Waals surface area contributed by atoms with Crippen LogP contribution in [0.25, 0.3) is 0 Å². The SMILES string of the molecule is Cc1ccc(SSc2ccc(C)c(C)c2Cl)c(Cl)c1C. The monoisotopic (exact) mass is 342 g/mol. The van der Waals surface area contributed by atoms with E-state index in [0.29, 0.717) is 0 Å². The topological polar surface area (TPSA) is 0 Å². The molecule has 0 radical (unpaired) electrons. The van der Waals surface area contributed by atoms with E-state index in [0.717, 1.165) is 31.0 Å². The molecule has 0 N–H and O–H groups in total. The van der Waals surface area contributed by atoms with Crippen molar-refractivity contribution in [3.8, 4) is 0 Å². The summed E-state index contributed by atoms with van der Waals surface area (Å²) in [6, 6.07) is 8.34. The van der Waals surface area contributed by atoms with Gasteiger partial charge in [-0.05, 0) is 62.1 Å². The van der Waals surface area contributed by atoms with Gasteiger partial charge < -0.3 is 0 Å². The number of hydrogen-bond acceptors (Lipinski definition) is 2. The number of halogens is 2. The quantitative estimate of drug-likeness (QED) is 0.549. The number of benzene rings is 2. The van der Waals surface area contributed by atoms with Crippen LogP contribution in [0.5, 0.6) is 0 Å². The van der Waals surface area contributed by atoms with Crippen molar-refractivity contribution < 1.29 is 0 Å². The molecule has 4 heteroatoms. The molecule has 0 heterocycles. The minimum Gasteiger partial charge on any atom is -0.0828 e. The molecule has 2 rings (SSSR count). The lowest BCUT2D eigenvalue weighted by Crippen LogP contribution is -1.85. The molecule has 2 aromatic carbocycles. The smallest absolute Gasteiger partial charge is 0.0582 e. The molecule has 0 saturated heterocycles. The fourth-order valence-electron chi connectivity index (χ4n) is 1.73. The van der Waals surface area contributed by atoms with Crippen LogP contribution in [-0.4, -0.2) is 0 Å². The predicted octanol–water partition coefficient (Wildman–Crippen LogP) is 7.03. The van der Waals surface area contributed by atoms with Crippen molar-refractivity contribution in [3.05, 3.63) is 56.6 Å². The van der Waals surface area contributed by atoms with Crippen LogP contribution in [0.15, 0.2) is 34.1 Å². The van der Waals surface area contributed by atoms with E-state index in [2.05, 4.69) is 52.0 Å². The second-order valence-electron chi connectivity index (χ2n) is 4.81. The second kappa shape index (κ2) is 6.65. The molecule has 0 bridgehead atoms. The van der Waals surface area contributed by atoms with E-state index in [9.17, 15) is 0 Å². The fraction of sp³-hybridized carbons (Fsp3) is 0.250.